The molecule has 0 heterocycles. The number of aromatic carboxylic acids is 1. The minimum Gasteiger partial charge on any atom is -0.478 e. The highest BCUT2D eigenvalue weighted by Crippen LogP contribution is 2.25. The Balaban J connectivity index is 2.54. The molecule has 0 saturated carbocycles. The number of hydrogen-bond acceptors (Lipinski definition) is 5. The van der Waals surface area contributed by atoms with E-state index in [2.05, 4.69) is 19.2 Å². The van der Waals surface area contributed by atoms with Gasteiger partial charge in [0.15, 0.2) is 0 Å². The maximum atomic E-state index is 11.0. The molecule has 0 radical (unpaired) electrons. The number of hydrogen-bond donors (Lipinski definition) is 2. The van der Waals surface area contributed by atoms with Gasteiger partial charge in [-0.15, -0.1) is 0 Å². The van der Waals surface area contributed by atoms with E-state index in [1.54, 1.807) is 0 Å². The van der Waals surface area contributed by atoms with Crippen molar-refractivity contribution in [2.75, 3.05) is 25.1 Å². The number of ether oxygens (including phenoxy) is 1. The minimum absolute atomic E-state index is 0.104. The van der Waals surface area contributed by atoms with Crippen LogP contribution in [-0.4, -0.2) is 35.8 Å². The van der Waals surface area contributed by atoms with Crippen molar-refractivity contribution in [3.05, 3.63) is 33.9 Å². The predicted octanol–water partition coefficient (Wildman–Crippen LogP) is 2.77. The van der Waals surface area contributed by atoms with Gasteiger partial charge >= 0.3 is 5.97 Å². The fourth-order valence-corrected chi connectivity index (χ4v) is 1.68. The molecule has 0 unspecified atom stereocenters. The normalized spacial score (nSPS) is 10.6. The SMILES string of the molecule is CC(C)COCCCNc1ccc(C(=O)O)cc1[N+](=O)[O-]. The van der Waals surface area contributed by atoms with Gasteiger partial charge in [0.1, 0.15) is 5.69 Å². The average Bonchev–Trinajstić information content (AvgIpc) is 2.42. The molecule has 1 aromatic carbocycles. The van der Waals surface area contributed by atoms with Crippen LogP contribution in [-0.2, 0) is 4.74 Å². The zero-order chi connectivity index (χ0) is 15.8. The number of carboxylic acids is 1. The maximum Gasteiger partial charge on any atom is 0.335 e. The van der Waals surface area contributed by atoms with Crippen molar-refractivity contribution in [1.29, 1.82) is 0 Å². The third kappa shape index (κ3) is 5.78. The molecule has 0 aliphatic heterocycles. The van der Waals surface area contributed by atoms with E-state index in [1.165, 1.54) is 12.1 Å². The van der Waals surface area contributed by atoms with Gasteiger partial charge in [0.05, 0.1) is 10.5 Å². The van der Waals surface area contributed by atoms with E-state index in [9.17, 15) is 14.9 Å². The summed E-state index contributed by atoms with van der Waals surface area (Å²) in [5, 5.41) is 22.7. The predicted molar refractivity (Wildman–Crippen MR) is 78.8 cm³/mol. The largest absolute Gasteiger partial charge is 0.478 e. The summed E-state index contributed by atoms with van der Waals surface area (Å²) in [7, 11) is 0. The third-order valence-corrected chi connectivity index (χ3v) is 2.67. The van der Waals surface area contributed by atoms with E-state index < -0.39 is 10.9 Å². The van der Waals surface area contributed by atoms with Gasteiger partial charge in [0, 0.05) is 25.8 Å². The highest BCUT2D eigenvalue weighted by atomic mass is 16.6. The summed E-state index contributed by atoms with van der Waals surface area (Å²) in [4.78, 5) is 21.2. The van der Waals surface area contributed by atoms with Crippen molar-refractivity contribution in [1.82, 2.24) is 0 Å². The summed E-state index contributed by atoms with van der Waals surface area (Å²) in [6.45, 7) is 5.90. The first kappa shape index (κ1) is 16.9. The molecule has 0 atom stereocenters. The molecule has 7 heteroatoms. The van der Waals surface area contributed by atoms with Crippen LogP contribution in [0.4, 0.5) is 11.4 Å². The number of nitro groups is 1. The van der Waals surface area contributed by atoms with Crippen molar-refractivity contribution in [3.8, 4) is 0 Å². The fraction of sp³-hybridized carbons (Fsp3) is 0.500. The number of benzene rings is 1. The summed E-state index contributed by atoms with van der Waals surface area (Å²) in [6, 6.07) is 3.81. The highest BCUT2D eigenvalue weighted by molar-refractivity contribution is 5.89. The van der Waals surface area contributed by atoms with E-state index in [0.29, 0.717) is 37.8 Å². The molecule has 116 valence electrons. The number of anilines is 1. The van der Waals surface area contributed by atoms with Crippen LogP contribution in [0.2, 0.25) is 0 Å². The number of nitro benzene ring substituents is 1. The zero-order valence-electron chi connectivity index (χ0n) is 12.2. The van der Waals surface area contributed by atoms with Gasteiger partial charge in [-0.25, -0.2) is 4.79 Å². The molecular formula is C14H20N2O5. The number of carbonyl (C=O) groups is 1. The van der Waals surface area contributed by atoms with Gasteiger partial charge in [-0.3, -0.25) is 10.1 Å². The van der Waals surface area contributed by atoms with E-state index in [-0.39, 0.29) is 11.3 Å². The summed E-state index contributed by atoms with van der Waals surface area (Å²) in [5.41, 5.74) is -0.0284. The van der Waals surface area contributed by atoms with Crippen molar-refractivity contribution < 1.29 is 19.6 Å². The Labute approximate surface area is 123 Å². The van der Waals surface area contributed by atoms with Gasteiger partial charge in [0.25, 0.3) is 5.69 Å². The Morgan fingerprint density at radius 1 is 1.48 bits per heavy atom. The first-order valence-electron chi connectivity index (χ1n) is 6.75. The van der Waals surface area contributed by atoms with Gasteiger partial charge in [-0.05, 0) is 24.5 Å². The van der Waals surface area contributed by atoms with Crippen molar-refractivity contribution >= 4 is 17.3 Å². The lowest BCUT2D eigenvalue weighted by molar-refractivity contribution is -0.384. The molecular weight excluding hydrogens is 276 g/mol. The molecule has 0 aliphatic rings. The monoisotopic (exact) mass is 296 g/mol. The lowest BCUT2D eigenvalue weighted by Crippen LogP contribution is -2.10. The topological polar surface area (TPSA) is 102 Å². The molecule has 1 rings (SSSR count). The molecule has 0 spiro atoms. The molecule has 21 heavy (non-hydrogen) atoms. The smallest absolute Gasteiger partial charge is 0.335 e. The van der Waals surface area contributed by atoms with Gasteiger partial charge in [-0.1, -0.05) is 13.8 Å². The molecule has 0 aliphatic carbocycles. The molecule has 0 aromatic heterocycles. The van der Waals surface area contributed by atoms with E-state index in [0.717, 1.165) is 6.07 Å². The van der Waals surface area contributed by atoms with Crippen LogP contribution in [0.5, 0.6) is 0 Å². The zero-order valence-corrected chi connectivity index (χ0v) is 12.2. The molecule has 0 amide bonds. The lowest BCUT2D eigenvalue weighted by Gasteiger charge is -2.09. The molecule has 0 bridgehead atoms. The van der Waals surface area contributed by atoms with Crippen LogP contribution in [0.15, 0.2) is 18.2 Å². The standard InChI is InChI=1S/C14H20N2O5/c1-10(2)9-21-7-3-6-15-12-5-4-11(14(17)18)8-13(12)16(19)20/h4-5,8,10,15H,3,6-7,9H2,1-2H3,(H,17,18). The average molecular weight is 296 g/mol. The summed E-state index contributed by atoms with van der Waals surface area (Å²) in [5.74, 6) is -0.714. The Morgan fingerprint density at radius 3 is 2.76 bits per heavy atom. The van der Waals surface area contributed by atoms with E-state index in [1.807, 2.05) is 0 Å². The molecule has 0 saturated heterocycles. The Bertz CT molecular complexity index is 502. The maximum absolute atomic E-state index is 11.0. The fourth-order valence-electron chi connectivity index (χ4n) is 1.68. The van der Waals surface area contributed by atoms with Gasteiger partial charge in [-0.2, -0.15) is 0 Å². The van der Waals surface area contributed by atoms with E-state index in [4.69, 9.17) is 9.84 Å². The second kappa shape index (κ2) is 8.21. The summed E-state index contributed by atoms with van der Waals surface area (Å²) < 4.78 is 5.41. The van der Waals surface area contributed by atoms with Gasteiger partial charge < -0.3 is 15.2 Å². The van der Waals surface area contributed by atoms with Crippen LogP contribution >= 0.6 is 0 Å². The Morgan fingerprint density at radius 2 is 2.19 bits per heavy atom. The third-order valence-electron chi connectivity index (χ3n) is 2.67. The van der Waals surface area contributed by atoms with Crippen molar-refractivity contribution in [3.63, 3.8) is 0 Å². The molecule has 2 N–H and O–H groups in total. The van der Waals surface area contributed by atoms with Crippen molar-refractivity contribution in [2.24, 2.45) is 5.92 Å². The highest BCUT2D eigenvalue weighted by Gasteiger charge is 2.16. The van der Waals surface area contributed by atoms with Crippen LogP contribution in [0.25, 0.3) is 0 Å². The molecule has 1 aromatic rings. The quantitative estimate of drug-likeness (QED) is 0.413. The number of nitrogens with one attached hydrogen (secondary N) is 1. The Kier molecular flexibility index (Phi) is 6.61. The second-order valence-electron chi connectivity index (χ2n) is 5.04. The minimum atomic E-state index is -1.19. The lowest BCUT2D eigenvalue weighted by atomic mass is 10.1. The van der Waals surface area contributed by atoms with Crippen LogP contribution < -0.4 is 5.32 Å². The number of nitrogens with zero attached hydrogens (tertiary/aromatic N) is 1. The van der Waals surface area contributed by atoms with E-state index >= 15 is 0 Å². The summed E-state index contributed by atoms with van der Waals surface area (Å²) >= 11 is 0. The number of carboxylic acid groups (broad SMARTS) is 1. The summed E-state index contributed by atoms with van der Waals surface area (Å²) in [6.07, 6.45) is 0.713. The number of rotatable bonds is 9. The van der Waals surface area contributed by atoms with Crippen LogP contribution in [0.1, 0.15) is 30.6 Å². The first-order chi connectivity index (χ1) is 9.91. The molecule has 7 nitrogen and oxygen atoms in total. The van der Waals surface area contributed by atoms with Crippen LogP contribution in [0.3, 0.4) is 0 Å². The Hall–Kier alpha value is -2.15. The first-order valence-corrected chi connectivity index (χ1v) is 6.75. The van der Waals surface area contributed by atoms with Crippen molar-refractivity contribution in [2.45, 2.75) is 20.3 Å². The second-order valence-corrected chi connectivity index (χ2v) is 5.04. The van der Waals surface area contributed by atoms with Gasteiger partial charge in [0.2, 0.25) is 0 Å². The molecule has 0 fully saturated rings. The van der Waals surface area contributed by atoms with Crippen LogP contribution in [0, 0.1) is 16.0 Å².